The van der Waals surface area contributed by atoms with Crippen LogP contribution in [0.25, 0.3) is 0 Å². The summed E-state index contributed by atoms with van der Waals surface area (Å²) in [6, 6.07) is 15.0. The number of amides is 3. The molecule has 7 nitrogen and oxygen atoms in total. The van der Waals surface area contributed by atoms with Crippen molar-refractivity contribution in [2.75, 3.05) is 4.90 Å². The molecule has 0 fully saturated rings. The molecule has 1 aliphatic heterocycles. The molecular weight excluding hydrogens is 542 g/mol. The lowest BCUT2D eigenvalue weighted by Gasteiger charge is -2.30. The van der Waals surface area contributed by atoms with Gasteiger partial charge in [-0.25, -0.2) is 4.39 Å². The Labute approximate surface area is 234 Å². The fraction of sp³-hybridized carbons (Fsp3) is 0.300. The molecular formula is C30H29F4N3O4. The fourth-order valence-electron chi connectivity index (χ4n) is 4.81. The Morgan fingerprint density at radius 3 is 2.37 bits per heavy atom. The molecule has 2 N–H and O–H groups in total. The molecule has 1 aliphatic rings. The third-order valence-electron chi connectivity index (χ3n) is 6.68. The number of hydrogen-bond acceptors (Lipinski definition) is 4. The van der Waals surface area contributed by atoms with Gasteiger partial charge >= 0.3 is 6.36 Å². The largest absolute Gasteiger partial charge is 0.573 e. The SMILES string of the molecule is CC(C)N1C(=O)[C@H](NC(=O)[C@@H](Cc2ccccc2OC(F)(F)F)NC(=O)c2ccccc2F)CCc2ccccc21. The zero-order chi connectivity index (χ0) is 29.7. The van der Waals surface area contributed by atoms with Crippen molar-refractivity contribution in [3.8, 4) is 5.75 Å². The number of ether oxygens (including phenoxy) is 1. The average molecular weight is 572 g/mol. The number of benzene rings is 3. The van der Waals surface area contributed by atoms with Crippen molar-refractivity contribution in [2.24, 2.45) is 0 Å². The Bertz CT molecular complexity index is 1430. The number of rotatable bonds is 8. The van der Waals surface area contributed by atoms with Crippen LogP contribution in [0.3, 0.4) is 0 Å². The number of anilines is 1. The van der Waals surface area contributed by atoms with E-state index in [0.717, 1.165) is 23.4 Å². The first-order chi connectivity index (χ1) is 19.4. The number of nitrogens with one attached hydrogen (secondary N) is 2. The molecule has 0 bridgehead atoms. The summed E-state index contributed by atoms with van der Waals surface area (Å²) in [6.07, 6.45) is -4.68. The van der Waals surface area contributed by atoms with Crippen LogP contribution in [0.1, 0.15) is 41.8 Å². The molecule has 0 unspecified atom stereocenters. The van der Waals surface area contributed by atoms with Crippen molar-refractivity contribution in [3.63, 3.8) is 0 Å². The third-order valence-corrected chi connectivity index (χ3v) is 6.68. The quantitative estimate of drug-likeness (QED) is 0.375. The maximum absolute atomic E-state index is 14.3. The van der Waals surface area contributed by atoms with E-state index in [-0.39, 0.29) is 29.5 Å². The summed E-state index contributed by atoms with van der Waals surface area (Å²) in [5.74, 6) is -3.51. The number of carbonyl (C=O) groups is 3. The number of fused-ring (bicyclic) bond motifs is 1. The van der Waals surface area contributed by atoms with Crippen molar-refractivity contribution in [3.05, 3.63) is 95.3 Å². The van der Waals surface area contributed by atoms with E-state index in [0.29, 0.717) is 6.42 Å². The zero-order valence-electron chi connectivity index (χ0n) is 22.4. The first kappa shape index (κ1) is 29.6. The Balaban J connectivity index is 1.63. The van der Waals surface area contributed by atoms with E-state index in [9.17, 15) is 31.9 Å². The molecule has 41 heavy (non-hydrogen) atoms. The van der Waals surface area contributed by atoms with Gasteiger partial charge in [-0.05, 0) is 62.1 Å². The number of halogens is 4. The van der Waals surface area contributed by atoms with Crippen LogP contribution in [0, 0.1) is 5.82 Å². The van der Waals surface area contributed by atoms with E-state index >= 15 is 0 Å². The van der Waals surface area contributed by atoms with Gasteiger partial charge in [0.1, 0.15) is 23.7 Å². The third kappa shape index (κ3) is 7.22. The Kier molecular flexibility index (Phi) is 8.95. The standard InChI is InChI=1S/C30H29F4N3O4/c1-18(2)37-25-13-7-3-9-19(25)15-16-23(29(37)40)35-28(39)24(36-27(38)21-11-5-6-12-22(21)31)17-20-10-4-8-14-26(20)41-30(32,33)34/h3-14,18,23-24H,15-17H2,1-2H3,(H,35,39)(H,36,38)/t23-,24-/m1/s1. The van der Waals surface area contributed by atoms with Gasteiger partial charge in [-0.2, -0.15) is 0 Å². The van der Waals surface area contributed by atoms with E-state index in [4.69, 9.17) is 0 Å². The summed E-state index contributed by atoms with van der Waals surface area (Å²) in [6.45, 7) is 3.68. The molecule has 3 amide bonds. The minimum atomic E-state index is -4.99. The molecule has 0 radical (unpaired) electrons. The molecule has 0 aliphatic carbocycles. The van der Waals surface area contributed by atoms with Crippen LogP contribution in [0.4, 0.5) is 23.2 Å². The lowest BCUT2D eigenvalue weighted by atomic mass is 10.0. The summed E-state index contributed by atoms with van der Waals surface area (Å²) in [5.41, 5.74) is 1.28. The van der Waals surface area contributed by atoms with Crippen LogP contribution < -0.4 is 20.3 Å². The van der Waals surface area contributed by atoms with Crippen LogP contribution >= 0.6 is 0 Å². The highest BCUT2D eigenvalue weighted by Crippen LogP contribution is 2.30. The van der Waals surface area contributed by atoms with E-state index in [1.165, 1.54) is 36.4 Å². The lowest BCUT2D eigenvalue weighted by molar-refractivity contribution is -0.274. The van der Waals surface area contributed by atoms with Crippen LogP contribution in [-0.4, -0.2) is 42.2 Å². The average Bonchev–Trinajstić information content (AvgIpc) is 3.04. The summed E-state index contributed by atoms with van der Waals surface area (Å²) in [7, 11) is 0. The maximum Gasteiger partial charge on any atom is 0.573 e. The van der Waals surface area contributed by atoms with Crippen molar-refractivity contribution < 1.29 is 36.7 Å². The van der Waals surface area contributed by atoms with Gasteiger partial charge in [0.25, 0.3) is 5.91 Å². The molecule has 0 spiro atoms. The van der Waals surface area contributed by atoms with Gasteiger partial charge in [-0.1, -0.05) is 48.5 Å². The van der Waals surface area contributed by atoms with Crippen LogP contribution in [0.5, 0.6) is 5.75 Å². The molecule has 11 heteroatoms. The minimum absolute atomic E-state index is 0.0257. The fourth-order valence-corrected chi connectivity index (χ4v) is 4.81. The van der Waals surface area contributed by atoms with Crippen molar-refractivity contribution in [1.29, 1.82) is 0 Å². The number of hydrogen-bond donors (Lipinski definition) is 2. The van der Waals surface area contributed by atoms with Gasteiger partial charge in [-0.3, -0.25) is 14.4 Å². The van der Waals surface area contributed by atoms with Crippen molar-refractivity contribution in [1.82, 2.24) is 10.6 Å². The number of alkyl halides is 3. The monoisotopic (exact) mass is 571 g/mol. The Morgan fingerprint density at radius 1 is 1.00 bits per heavy atom. The Hall–Kier alpha value is -4.41. The van der Waals surface area contributed by atoms with Crippen molar-refractivity contribution in [2.45, 2.75) is 57.6 Å². The molecule has 0 aromatic heterocycles. The summed E-state index contributed by atoms with van der Waals surface area (Å²) in [5, 5.41) is 5.12. The first-order valence-corrected chi connectivity index (χ1v) is 13.0. The molecule has 1 heterocycles. The molecule has 3 aromatic rings. The van der Waals surface area contributed by atoms with E-state index < -0.39 is 48.2 Å². The van der Waals surface area contributed by atoms with Crippen LogP contribution in [-0.2, 0) is 22.4 Å². The van der Waals surface area contributed by atoms with E-state index in [1.54, 1.807) is 4.90 Å². The number of nitrogens with zero attached hydrogens (tertiary/aromatic N) is 1. The van der Waals surface area contributed by atoms with E-state index in [2.05, 4.69) is 15.4 Å². The molecule has 3 aromatic carbocycles. The molecule has 216 valence electrons. The van der Waals surface area contributed by atoms with Crippen LogP contribution in [0.15, 0.2) is 72.8 Å². The van der Waals surface area contributed by atoms with Crippen molar-refractivity contribution >= 4 is 23.4 Å². The van der Waals surface area contributed by atoms with Crippen LogP contribution in [0.2, 0.25) is 0 Å². The van der Waals surface area contributed by atoms with Gasteiger partial charge in [0.15, 0.2) is 0 Å². The molecule has 4 rings (SSSR count). The topological polar surface area (TPSA) is 87.7 Å². The number of para-hydroxylation sites is 2. The molecule has 0 saturated carbocycles. The second-order valence-corrected chi connectivity index (χ2v) is 9.90. The normalized spacial score (nSPS) is 16.0. The molecule has 2 atom stereocenters. The van der Waals surface area contributed by atoms with Gasteiger partial charge < -0.3 is 20.3 Å². The minimum Gasteiger partial charge on any atom is -0.406 e. The number of carbonyl (C=O) groups excluding carboxylic acids is 3. The van der Waals surface area contributed by atoms with Gasteiger partial charge in [0.2, 0.25) is 11.8 Å². The highest BCUT2D eigenvalue weighted by atomic mass is 19.4. The zero-order valence-corrected chi connectivity index (χ0v) is 22.4. The summed E-state index contributed by atoms with van der Waals surface area (Å²) in [4.78, 5) is 41.8. The van der Waals surface area contributed by atoms with Gasteiger partial charge in [-0.15, -0.1) is 13.2 Å². The predicted octanol–water partition coefficient (Wildman–Crippen LogP) is 4.94. The number of aryl methyl sites for hydroxylation is 1. The summed E-state index contributed by atoms with van der Waals surface area (Å²) >= 11 is 0. The maximum atomic E-state index is 14.3. The highest BCUT2D eigenvalue weighted by molar-refractivity contribution is 6.02. The second kappa shape index (κ2) is 12.4. The smallest absolute Gasteiger partial charge is 0.406 e. The first-order valence-electron chi connectivity index (χ1n) is 13.0. The Morgan fingerprint density at radius 2 is 1.66 bits per heavy atom. The second-order valence-electron chi connectivity index (χ2n) is 9.90. The molecule has 0 saturated heterocycles. The summed E-state index contributed by atoms with van der Waals surface area (Å²) < 4.78 is 57.6. The van der Waals surface area contributed by atoms with Gasteiger partial charge in [0, 0.05) is 18.2 Å². The highest BCUT2D eigenvalue weighted by Gasteiger charge is 2.36. The predicted molar refractivity (Wildman–Crippen MR) is 144 cm³/mol. The van der Waals surface area contributed by atoms with E-state index in [1.807, 2.05) is 38.1 Å². The lowest BCUT2D eigenvalue weighted by Crippen LogP contribution is -2.55. The van der Waals surface area contributed by atoms with Gasteiger partial charge in [0.05, 0.1) is 5.56 Å².